The van der Waals surface area contributed by atoms with E-state index in [2.05, 4.69) is 5.32 Å². The highest BCUT2D eigenvalue weighted by Gasteiger charge is 2.22. The van der Waals surface area contributed by atoms with E-state index in [9.17, 15) is 18.0 Å². The highest BCUT2D eigenvalue weighted by atomic mass is 32.2. The maximum atomic E-state index is 12.3. The number of nitrogens with one attached hydrogen (secondary N) is 1. The topological polar surface area (TPSA) is 111 Å². The molecule has 29 heavy (non-hydrogen) atoms. The molecule has 0 unspecified atom stereocenters. The summed E-state index contributed by atoms with van der Waals surface area (Å²) in [6.45, 7) is 1.70. The minimum atomic E-state index is -3.92. The average Bonchev–Trinajstić information content (AvgIpc) is 2.73. The van der Waals surface area contributed by atoms with Crippen molar-refractivity contribution in [3.05, 3.63) is 54.1 Å². The van der Waals surface area contributed by atoms with Gasteiger partial charge in [-0.25, -0.2) is 13.2 Å². The van der Waals surface area contributed by atoms with Gasteiger partial charge in [0.15, 0.2) is 6.61 Å². The third-order valence-electron chi connectivity index (χ3n) is 3.76. The number of anilines is 1. The molecular formula is C19H22N2O7S. The average molecular weight is 422 g/mol. The number of hydrogen-bond acceptors (Lipinski definition) is 7. The summed E-state index contributed by atoms with van der Waals surface area (Å²) in [5.74, 6) is -0.904. The number of hydrogen-bond donors (Lipinski definition) is 1. The summed E-state index contributed by atoms with van der Waals surface area (Å²) in [6, 6.07) is 12.1. The van der Waals surface area contributed by atoms with E-state index < -0.39 is 28.5 Å². The third-order valence-corrected chi connectivity index (χ3v) is 5.43. The standard InChI is InChI=1S/C19H22N2O7S/c1-4-27-17-11-6-5-10-16(17)20-18(22)13-28-19(23)14-8-7-9-15(12-14)29(24,25)21(2)26-3/h5-12H,4,13H2,1-3H3,(H,20,22). The van der Waals surface area contributed by atoms with Gasteiger partial charge in [0.05, 0.1) is 29.9 Å². The molecule has 10 heteroatoms. The normalized spacial score (nSPS) is 11.2. The van der Waals surface area contributed by atoms with Crippen LogP contribution in [0.15, 0.2) is 53.4 Å². The van der Waals surface area contributed by atoms with Crippen LogP contribution < -0.4 is 10.1 Å². The third kappa shape index (κ3) is 5.76. The summed E-state index contributed by atoms with van der Waals surface area (Å²) >= 11 is 0. The van der Waals surface area contributed by atoms with Gasteiger partial charge in [-0.3, -0.25) is 9.63 Å². The van der Waals surface area contributed by atoms with Crippen LogP contribution in [0.1, 0.15) is 17.3 Å². The number of esters is 1. The molecule has 0 aliphatic carbocycles. The van der Waals surface area contributed by atoms with Crippen LogP contribution in [0.3, 0.4) is 0 Å². The van der Waals surface area contributed by atoms with Gasteiger partial charge in [-0.15, -0.1) is 0 Å². The fraction of sp³-hybridized carbons (Fsp3) is 0.263. The predicted octanol–water partition coefficient (Wildman–Crippen LogP) is 2.06. The zero-order valence-electron chi connectivity index (χ0n) is 16.2. The van der Waals surface area contributed by atoms with E-state index in [4.69, 9.17) is 14.3 Å². The van der Waals surface area contributed by atoms with E-state index in [-0.39, 0.29) is 10.5 Å². The maximum Gasteiger partial charge on any atom is 0.338 e. The number of sulfonamides is 1. The van der Waals surface area contributed by atoms with E-state index in [0.29, 0.717) is 22.5 Å². The molecule has 1 amide bonds. The van der Waals surface area contributed by atoms with E-state index in [0.717, 1.165) is 6.07 Å². The Bertz CT molecular complexity index is 976. The van der Waals surface area contributed by atoms with Crippen molar-refractivity contribution in [2.45, 2.75) is 11.8 Å². The van der Waals surface area contributed by atoms with Crippen molar-refractivity contribution in [1.29, 1.82) is 0 Å². The van der Waals surface area contributed by atoms with E-state index in [1.54, 1.807) is 24.3 Å². The number of carbonyl (C=O) groups is 2. The molecule has 0 aliphatic rings. The summed E-state index contributed by atoms with van der Waals surface area (Å²) in [7, 11) is -1.48. The molecule has 0 aliphatic heterocycles. The Morgan fingerprint density at radius 1 is 1.10 bits per heavy atom. The molecule has 0 spiro atoms. The molecule has 0 atom stereocenters. The molecule has 0 radical (unpaired) electrons. The maximum absolute atomic E-state index is 12.3. The van der Waals surface area contributed by atoms with Crippen LogP contribution in [0, 0.1) is 0 Å². The molecule has 2 aromatic rings. The zero-order valence-corrected chi connectivity index (χ0v) is 17.1. The number of para-hydroxylation sites is 2. The van der Waals surface area contributed by atoms with E-state index in [1.165, 1.54) is 32.4 Å². The number of nitrogens with zero attached hydrogens (tertiary/aromatic N) is 1. The van der Waals surface area contributed by atoms with Crippen molar-refractivity contribution in [1.82, 2.24) is 4.47 Å². The lowest BCUT2D eigenvalue weighted by molar-refractivity contribution is -0.119. The lowest BCUT2D eigenvalue weighted by atomic mass is 10.2. The molecule has 0 heterocycles. The molecule has 2 rings (SSSR count). The first kappa shape index (κ1) is 22.3. The van der Waals surface area contributed by atoms with Crippen LogP contribution in [0.5, 0.6) is 5.75 Å². The molecule has 2 aromatic carbocycles. The van der Waals surface area contributed by atoms with Crippen LogP contribution >= 0.6 is 0 Å². The predicted molar refractivity (Wildman–Crippen MR) is 105 cm³/mol. The second-order valence-electron chi connectivity index (χ2n) is 5.68. The molecule has 1 N–H and O–H groups in total. The SMILES string of the molecule is CCOc1ccccc1NC(=O)COC(=O)c1cccc(S(=O)(=O)N(C)OC)c1. The number of carbonyl (C=O) groups excluding carboxylic acids is 2. The van der Waals surface area contributed by atoms with E-state index in [1.807, 2.05) is 6.92 Å². The van der Waals surface area contributed by atoms with Gasteiger partial charge in [-0.1, -0.05) is 22.7 Å². The number of rotatable bonds is 9. The number of ether oxygens (including phenoxy) is 2. The smallest absolute Gasteiger partial charge is 0.338 e. The van der Waals surface area contributed by atoms with Gasteiger partial charge in [0.2, 0.25) is 0 Å². The van der Waals surface area contributed by atoms with Crippen LogP contribution in [-0.2, 0) is 24.4 Å². The summed E-state index contributed by atoms with van der Waals surface area (Å²) < 4.78 is 35.6. The van der Waals surface area contributed by atoms with Gasteiger partial charge in [-0.2, -0.15) is 0 Å². The quantitative estimate of drug-likeness (QED) is 0.486. The van der Waals surface area contributed by atoms with Crippen molar-refractivity contribution < 1.29 is 32.3 Å². The van der Waals surface area contributed by atoms with Crippen molar-refractivity contribution in [2.75, 3.05) is 32.7 Å². The minimum Gasteiger partial charge on any atom is -0.492 e. The zero-order chi connectivity index (χ0) is 21.4. The summed E-state index contributed by atoms with van der Waals surface area (Å²) in [5.41, 5.74) is 0.434. The van der Waals surface area contributed by atoms with Gasteiger partial charge in [0, 0.05) is 7.05 Å². The first-order valence-electron chi connectivity index (χ1n) is 8.61. The van der Waals surface area contributed by atoms with Gasteiger partial charge < -0.3 is 14.8 Å². The lowest BCUT2D eigenvalue weighted by Gasteiger charge is -2.14. The lowest BCUT2D eigenvalue weighted by Crippen LogP contribution is -2.26. The number of benzene rings is 2. The Hall–Kier alpha value is -2.95. The Balaban J connectivity index is 2.03. The van der Waals surface area contributed by atoms with Crippen molar-refractivity contribution in [3.8, 4) is 5.75 Å². The minimum absolute atomic E-state index is 0.0157. The monoisotopic (exact) mass is 422 g/mol. The Kier molecular flexibility index (Phi) is 7.71. The van der Waals surface area contributed by atoms with Gasteiger partial charge in [-0.05, 0) is 37.3 Å². The van der Waals surface area contributed by atoms with Gasteiger partial charge >= 0.3 is 5.97 Å². The molecule has 0 fully saturated rings. The Morgan fingerprint density at radius 3 is 2.52 bits per heavy atom. The fourth-order valence-electron chi connectivity index (χ4n) is 2.28. The second kappa shape index (κ2) is 10.0. The molecular weight excluding hydrogens is 400 g/mol. The van der Waals surface area contributed by atoms with Gasteiger partial charge in [0.25, 0.3) is 15.9 Å². The molecule has 0 saturated heterocycles. The van der Waals surface area contributed by atoms with Crippen LogP contribution in [0.4, 0.5) is 5.69 Å². The van der Waals surface area contributed by atoms with Crippen LogP contribution in [-0.4, -0.2) is 52.1 Å². The summed E-state index contributed by atoms with van der Waals surface area (Å²) in [4.78, 5) is 28.9. The highest BCUT2D eigenvalue weighted by molar-refractivity contribution is 7.89. The first-order valence-corrected chi connectivity index (χ1v) is 10.1. The van der Waals surface area contributed by atoms with E-state index >= 15 is 0 Å². The highest BCUT2D eigenvalue weighted by Crippen LogP contribution is 2.23. The van der Waals surface area contributed by atoms with Crippen LogP contribution in [0.2, 0.25) is 0 Å². The Morgan fingerprint density at radius 2 is 1.83 bits per heavy atom. The molecule has 9 nitrogen and oxygen atoms in total. The molecule has 156 valence electrons. The first-order chi connectivity index (χ1) is 13.8. The molecule has 0 bridgehead atoms. The van der Waals surface area contributed by atoms with Crippen molar-refractivity contribution in [2.24, 2.45) is 0 Å². The van der Waals surface area contributed by atoms with Gasteiger partial charge in [0.1, 0.15) is 5.75 Å². The fourth-order valence-corrected chi connectivity index (χ4v) is 3.30. The van der Waals surface area contributed by atoms with Crippen molar-refractivity contribution in [3.63, 3.8) is 0 Å². The van der Waals surface area contributed by atoms with Crippen molar-refractivity contribution >= 4 is 27.6 Å². The second-order valence-corrected chi connectivity index (χ2v) is 7.61. The summed E-state index contributed by atoms with van der Waals surface area (Å²) in [6.07, 6.45) is 0. The summed E-state index contributed by atoms with van der Waals surface area (Å²) in [5, 5.41) is 2.60. The Labute approximate surface area is 169 Å². The molecule has 0 saturated carbocycles. The number of amides is 1. The molecule has 0 aromatic heterocycles. The largest absolute Gasteiger partial charge is 0.492 e. The van der Waals surface area contributed by atoms with Crippen LogP contribution in [0.25, 0.3) is 0 Å². The number of hydroxylamine groups is 1.